The number of methoxy groups -OCH3 is 1. The lowest BCUT2D eigenvalue weighted by molar-refractivity contribution is -0.118. The first-order valence-corrected chi connectivity index (χ1v) is 9.06. The largest absolute Gasteiger partial charge is 0.497 e. The van der Waals surface area contributed by atoms with E-state index in [0.717, 1.165) is 20.7 Å². The Labute approximate surface area is 149 Å². The van der Waals surface area contributed by atoms with Crippen LogP contribution in [0.2, 0.25) is 0 Å². The van der Waals surface area contributed by atoms with E-state index in [4.69, 9.17) is 4.74 Å². The molecule has 3 nitrogen and oxygen atoms in total. The van der Waals surface area contributed by atoms with E-state index in [1.807, 2.05) is 24.3 Å². The topological polar surface area (TPSA) is 38.3 Å². The van der Waals surface area contributed by atoms with Gasteiger partial charge in [0.25, 0.3) is 0 Å². The molecule has 2 aromatic rings. The first kappa shape index (κ1) is 17.9. The van der Waals surface area contributed by atoms with Gasteiger partial charge in [-0.05, 0) is 54.8 Å². The monoisotopic (exact) mass is 393 g/mol. The van der Waals surface area contributed by atoms with Crippen molar-refractivity contribution in [2.45, 2.75) is 25.3 Å². The summed E-state index contributed by atoms with van der Waals surface area (Å²) in [7, 11) is 1.64. The van der Waals surface area contributed by atoms with Gasteiger partial charge in [0.05, 0.1) is 12.9 Å². The van der Waals surface area contributed by atoms with Gasteiger partial charge in [-0.15, -0.1) is 11.8 Å². The van der Waals surface area contributed by atoms with Crippen molar-refractivity contribution < 1.29 is 9.53 Å². The SMILES string of the molecule is COc1cccc(CNC(=O)CSc2cc(C)c(Br)cc2C)c1. The predicted molar refractivity (Wildman–Crippen MR) is 99.2 cm³/mol. The number of ether oxygens (including phenoxy) is 1. The standard InChI is InChI=1S/C18H20BrNO2S/c1-12-8-17(13(2)7-16(12)19)23-11-18(21)20-10-14-5-4-6-15(9-14)22-3/h4-9H,10-11H2,1-3H3,(H,20,21). The lowest BCUT2D eigenvalue weighted by atomic mass is 10.2. The minimum absolute atomic E-state index is 0.0257. The van der Waals surface area contributed by atoms with E-state index in [9.17, 15) is 4.79 Å². The molecule has 0 aliphatic rings. The van der Waals surface area contributed by atoms with E-state index in [1.54, 1.807) is 18.9 Å². The number of nitrogens with one attached hydrogen (secondary N) is 1. The number of hydrogen-bond donors (Lipinski definition) is 1. The third kappa shape index (κ3) is 5.29. The Morgan fingerprint density at radius 2 is 2.00 bits per heavy atom. The molecule has 0 unspecified atom stereocenters. The number of aryl methyl sites for hydroxylation is 2. The maximum atomic E-state index is 12.0. The second-order valence-corrected chi connectivity index (χ2v) is 7.16. The highest BCUT2D eigenvalue weighted by Crippen LogP contribution is 2.28. The smallest absolute Gasteiger partial charge is 0.230 e. The molecule has 0 atom stereocenters. The maximum absolute atomic E-state index is 12.0. The number of rotatable bonds is 6. The normalized spacial score (nSPS) is 10.4. The van der Waals surface area contributed by atoms with Crippen LogP contribution < -0.4 is 10.1 Å². The van der Waals surface area contributed by atoms with Crippen molar-refractivity contribution >= 4 is 33.6 Å². The van der Waals surface area contributed by atoms with E-state index < -0.39 is 0 Å². The Kier molecular flexibility index (Phi) is 6.54. The summed E-state index contributed by atoms with van der Waals surface area (Å²) in [6, 6.07) is 11.9. The predicted octanol–water partition coefficient (Wildman–Crippen LogP) is 4.48. The molecular weight excluding hydrogens is 374 g/mol. The maximum Gasteiger partial charge on any atom is 0.230 e. The van der Waals surface area contributed by atoms with Gasteiger partial charge in [-0.3, -0.25) is 4.79 Å². The quantitative estimate of drug-likeness (QED) is 0.734. The molecule has 23 heavy (non-hydrogen) atoms. The van der Waals surface area contributed by atoms with E-state index in [0.29, 0.717) is 12.3 Å². The van der Waals surface area contributed by atoms with Crippen LogP contribution in [0.5, 0.6) is 5.75 Å². The summed E-state index contributed by atoms with van der Waals surface area (Å²) >= 11 is 5.09. The number of thioether (sulfide) groups is 1. The molecule has 2 aromatic carbocycles. The molecule has 0 aliphatic carbocycles. The molecule has 0 saturated heterocycles. The molecule has 1 N–H and O–H groups in total. The fourth-order valence-electron chi connectivity index (χ4n) is 2.09. The van der Waals surface area contributed by atoms with Gasteiger partial charge in [-0.25, -0.2) is 0 Å². The fourth-order valence-corrected chi connectivity index (χ4v) is 3.48. The van der Waals surface area contributed by atoms with Crippen LogP contribution in [0.4, 0.5) is 0 Å². The Balaban J connectivity index is 1.87. The summed E-state index contributed by atoms with van der Waals surface area (Å²) in [6.45, 7) is 4.62. The van der Waals surface area contributed by atoms with Crippen molar-refractivity contribution in [3.05, 3.63) is 57.6 Å². The lowest BCUT2D eigenvalue weighted by Crippen LogP contribution is -2.24. The summed E-state index contributed by atoms with van der Waals surface area (Å²) in [5.41, 5.74) is 3.38. The molecule has 0 aromatic heterocycles. The van der Waals surface area contributed by atoms with E-state index in [-0.39, 0.29) is 5.91 Å². The zero-order valence-electron chi connectivity index (χ0n) is 13.5. The van der Waals surface area contributed by atoms with Crippen LogP contribution in [0.25, 0.3) is 0 Å². The van der Waals surface area contributed by atoms with Gasteiger partial charge in [0, 0.05) is 15.9 Å². The number of carbonyl (C=O) groups excluding carboxylic acids is 1. The van der Waals surface area contributed by atoms with Crippen molar-refractivity contribution in [3.63, 3.8) is 0 Å². The number of benzene rings is 2. The Bertz CT molecular complexity index is 703. The number of amides is 1. The highest BCUT2D eigenvalue weighted by atomic mass is 79.9. The van der Waals surface area contributed by atoms with Gasteiger partial charge in [0.1, 0.15) is 5.75 Å². The van der Waals surface area contributed by atoms with Crippen LogP contribution >= 0.6 is 27.7 Å². The molecule has 0 radical (unpaired) electrons. The van der Waals surface area contributed by atoms with Crippen molar-refractivity contribution in [1.82, 2.24) is 5.32 Å². The van der Waals surface area contributed by atoms with Gasteiger partial charge in [0.15, 0.2) is 0 Å². The van der Waals surface area contributed by atoms with Crippen molar-refractivity contribution in [2.24, 2.45) is 0 Å². The third-order valence-electron chi connectivity index (χ3n) is 3.44. The van der Waals surface area contributed by atoms with Crippen LogP contribution in [-0.2, 0) is 11.3 Å². The van der Waals surface area contributed by atoms with Crippen LogP contribution in [0.1, 0.15) is 16.7 Å². The molecule has 1 amide bonds. The van der Waals surface area contributed by atoms with Crippen LogP contribution in [0.15, 0.2) is 45.8 Å². The van der Waals surface area contributed by atoms with Gasteiger partial charge < -0.3 is 10.1 Å². The van der Waals surface area contributed by atoms with Gasteiger partial charge in [-0.1, -0.05) is 28.1 Å². The summed E-state index contributed by atoms with van der Waals surface area (Å²) in [6.07, 6.45) is 0. The second kappa shape index (κ2) is 8.41. The number of hydrogen-bond acceptors (Lipinski definition) is 3. The third-order valence-corrected chi connectivity index (χ3v) is 5.45. The first-order chi connectivity index (χ1) is 11.0. The van der Waals surface area contributed by atoms with Crippen molar-refractivity contribution in [1.29, 1.82) is 0 Å². The van der Waals surface area contributed by atoms with E-state index in [1.165, 1.54) is 11.1 Å². The van der Waals surface area contributed by atoms with Crippen molar-refractivity contribution in [3.8, 4) is 5.75 Å². The molecule has 0 saturated carbocycles. The highest BCUT2D eigenvalue weighted by molar-refractivity contribution is 9.10. The molecule has 0 bridgehead atoms. The molecule has 122 valence electrons. The second-order valence-electron chi connectivity index (χ2n) is 5.28. The molecule has 0 heterocycles. The van der Waals surface area contributed by atoms with E-state index in [2.05, 4.69) is 47.2 Å². The summed E-state index contributed by atoms with van der Waals surface area (Å²) in [5.74, 6) is 1.23. The lowest BCUT2D eigenvalue weighted by Gasteiger charge is -2.09. The summed E-state index contributed by atoms with van der Waals surface area (Å²) in [5, 5.41) is 2.94. The van der Waals surface area contributed by atoms with Gasteiger partial charge in [0.2, 0.25) is 5.91 Å². The Morgan fingerprint density at radius 3 is 2.74 bits per heavy atom. The Hall–Kier alpha value is -1.46. The number of halogens is 1. The fraction of sp³-hybridized carbons (Fsp3) is 0.278. The minimum atomic E-state index is 0.0257. The molecule has 0 aliphatic heterocycles. The average Bonchev–Trinajstić information content (AvgIpc) is 2.55. The minimum Gasteiger partial charge on any atom is -0.497 e. The van der Waals surface area contributed by atoms with Crippen LogP contribution in [-0.4, -0.2) is 18.8 Å². The van der Waals surface area contributed by atoms with Gasteiger partial charge >= 0.3 is 0 Å². The van der Waals surface area contributed by atoms with Crippen LogP contribution in [0.3, 0.4) is 0 Å². The Morgan fingerprint density at radius 1 is 1.22 bits per heavy atom. The summed E-state index contributed by atoms with van der Waals surface area (Å²) in [4.78, 5) is 13.2. The highest BCUT2D eigenvalue weighted by Gasteiger charge is 2.07. The zero-order chi connectivity index (χ0) is 16.8. The number of carbonyl (C=O) groups is 1. The zero-order valence-corrected chi connectivity index (χ0v) is 15.9. The molecule has 2 rings (SSSR count). The van der Waals surface area contributed by atoms with Crippen LogP contribution in [0, 0.1) is 13.8 Å². The van der Waals surface area contributed by atoms with Crippen molar-refractivity contribution in [2.75, 3.05) is 12.9 Å². The first-order valence-electron chi connectivity index (χ1n) is 7.29. The molecule has 0 spiro atoms. The molecular formula is C18H20BrNO2S. The molecule has 5 heteroatoms. The van der Waals surface area contributed by atoms with E-state index >= 15 is 0 Å². The molecule has 0 fully saturated rings. The average molecular weight is 394 g/mol. The summed E-state index contributed by atoms with van der Waals surface area (Å²) < 4.78 is 6.28. The van der Waals surface area contributed by atoms with Gasteiger partial charge in [-0.2, -0.15) is 0 Å².